The molecule has 3 rings (SSSR count). The van der Waals surface area contributed by atoms with Crippen LogP contribution in [0.3, 0.4) is 0 Å². The summed E-state index contributed by atoms with van der Waals surface area (Å²) in [6.07, 6.45) is 0.673. The molecule has 2 N–H and O–H groups in total. The second-order valence-corrected chi connectivity index (χ2v) is 6.57. The van der Waals surface area contributed by atoms with Crippen molar-refractivity contribution in [2.75, 3.05) is 0 Å². The normalized spacial score (nSPS) is 11.1. The number of aryl methyl sites for hydroxylation is 4. The molecule has 1 aromatic heterocycles. The lowest BCUT2D eigenvalue weighted by Crippen LogP contribution is -2.12. The highest BCUT2D eigenvalue weighted by Crippen LogP contribution is 2.29. The van der Waals surface area contributed by atoms with Gasteiger partial charge in [0.2, 0.25) is 0 Å². The summed E-state index contributed by atoms with van der Waals surface area (Å²) in [6.45, 7) is 7.12. The maximum Gasteiger partial charge on any atom is 0.141 e. The van der Waals surface area contributed by atoms with Crippen LogP contribution < -0.4 is 5.73 Å². The summed E-state index contributed by atoms with van der Waals surface area (Å²) in [5, 5.41) is 0. The summed E-state index contributed by atoms with van der Waals surface area (Å²) in [5.41, 5.74) is 12.8. The second kappa shape index (κ2) is 6.13. The molecule has 0 radical (unpaired) electrons. The number of benzene rings is 2. The van der Waals surface area contributed by atoms with Crippen molar-refractivity contribution in [2.45, 2.75) is 33.7 Å². The van der Waals surface area contributed by atoms with Crippen LogP contribution in [0.5, 0.6) is 0 Å². The van der Waals surface area contributed by atoms with E-state index in [0.29, 0.717) is 11.4 Å². The Kier molecular flexibility index (Phi) is 4.18. The van der Waals surface area contributed by atoms with Crippen molar-refractivity contribution in [3.63, 3.8) is 0 Å². The van der Waals surface area contributed by atoms with Gasteiger partial charge >= 0.3 is 0 Å². The van der Waals surface area contributed by atoms with E-state index in [2.05, 4.69) is 61.7 Å². The third kappa shape index (κ3) is 2.99. The highest BCUT2D eigenvalue weighted by molar-refractivity contribution is 7.80. The van der Waals surface area contributed by atoms with Gasteiger partial charge in [-0.15, -0.1) is 0 Å². The van der Waals surface area contributed by atoms with Crippen molar-refractivity contribution in [3.8, 4) is 11.4 Å². The Balaban J connectivity index is 2.25. The topological polar surface area (TPSA) is 43.8 Å². The van der Waals surface area contributed by atoms with Gasteiger partial charge in [0.25, 0.3) is 0 Å². The number of hydrogen-bond acceptors (Lipinski definition) is 2. The Hall–Kier alpha value is -2.20. The molecule has 0 aliphatic carbocycles. The van der Waals surface area contributed by atoms with Gasteiger partial charge in [-0.05, 0) is 49.6 Å². The first kappa shape index (κ1) is 15.7. The molecule has 23 heavy (non-hydrogen) atoms. The highest BCUT2D eigenvalue weighted by Gasteiger charge is 2.15. The molecule has 2 aromatic carbocycles. The molecule has 118 valence electrons. The van der Waals surface area contributed by atoms with E-state index in [-0.39, 0.29) is 0 Å². The summed E-state index contributed by atoms with van der Waals surface area (Å²) in [5.74, 6) is 0.986. The van der Waals surface area contributed by atoms with Gasteiger partial charge in [0, 0.05) is 18.5 Å². The Labute approximate surface area is 142 Å². The molecule has 0 saturated heterocycles. The number of hydrogen-bond donors (Lipinski definition) is 1. The van der Waals surface area contributed by atoms with Crippen LogP contribution in [0.25, 0.3) is 22.4 Å². The first-order valence-electron chi connectivity index (χ1n) is 7.79. The number of fused-ring (bicyclic) bond motifs is 1. The van der Waals surface area contributed by atoms with E-state index in [1.165, 1.54) is 16.7 Å². The largest absolute Gasteiger partial charge is 0.393 e. The van der Waals surface area contributed by atoms with Gasteiger partial charge in [0.1, 0.15) is 5.82 Å². The lowest BCUT2D eigenvalue weighted by Gasteiger charge is -2.11. The van der Waals surface area contributed by atoms with Crippen LogP contribution >= 0.6 is 12.2 Å². The van der Waals surface area contributed by atoms with E-state index in [9.17, 15) is 0 Å². The molecule has 0 unspecified atom stereocenters. The molecule has 1 heterocycles. The Morgan fingerprint density at radius 3 is 2.48 bits per heavy atom. The summed E-state index contributed by atoms with van der Waals surface area (Å²) in [7, 11) is 0. The molecule has 0 atom stereocenters. The molecule has 0 spiro atoms. The standard InChI is InChI=1S/C19H21N3S/c1-12-6-4-5-7-15(12)19-21-16-10-13(2)14(3)11-17(16)22(19)9-8-18(20)23/h4-7,10-11H,8-9H2,1-3H3,(H2,20,23). The summed E-state index contributed by atoms with van der Waals surface area (Å²) >= 11 is 5.07. The lowest BCUT2D eigenvalue weighted by molar-refractivity contribution is 0.756. The van der Waals surface area contributed by atoms with Crippen molar-refractivity contribution < 1.29 is 0 Å². The molecule has 0 aliphatic heterocycles. The van der Waals surface area contributed by atoms with Crippen LogP contribution in [0, 0.1) is 20.8 Å². The monoisotopic (exact) mass is 323 g/mol. The van der Waals surface area contributed by atoms with Gasteiger partial charge in [0.05, 0.1) is 16.0 Å². The van der Waals surface area contributed by atoms with Crippen LogP contribution in [-0.2, 0) is 6.54 Å². The van der Waals surface area contributed by atoms with E-state index >= 15 is 0 Å². The van der Waals surface area contributed by atoms with E-state index in [4.69, 9.17) is 22.9 Å². The molecule has 3 nitrogen and oxygen atoms in total. The molecule has 4 heteroatoms. The zero-order valence-corrected chi connectivity index (χ0v) is 14.6. The summed E-state index contributed by atoms with van der Waals surface area (Å²) < 4.78 is 2.24. The fourth-order valence-corrected chi connectivity index (χ4v) is 2.95. The smallest absolute Gasteiger partial charge is 0.141 e. The molecule has 0 bridgehead atoms. The predicted octanol–water partition coefficient (Wildman–Crippen LogP) is 4.30. The van der Waals surface area contributed by atoms with Crippen molar-refractivity contribution in [1.29, 1.82) is 0 Å². The Bertz CT molecular complexity index is 893. The molecule has 0 fully saturated rings. The lowest BCUT2D eigenvalue weighted by atomic mass is 10.1. The van der Waals surface area contributed by atoms with Gasteiger partial charge in [-0.3, -0.25) is 0 Å². The minimum Gasteiger partial charge on any atom is -0.393 e. The minimum absolute atomic E-state index is 0.534. The first-order chi connectivity index (χ1) is 11.0. The first-order valence-corrected chi connectivity index (χ1v) is 8.20. The number of nitrogens with zero attached hydrogens (tertiary/aromatic N) is 2. The van der Waals surface area contributed by atoms with Gasteiger partial charge in [-0.25, -0.2) is 4.98 Å². The SMILES string of the molecule is Cc1cc2nc(-c3ccccc3C)n(CCC(N)=S)c2cc1C. The third-order valence-electron chi connectivity index (χ3n) is 4.33. The second-order valence-electron chi connectivity index (χ2n) is 6.04. The van der Waals surface area contributed by atoms with E-state index in [1.54, 1.807) is 0 Å². The molecule has 0 aliphatic rings. The minimum atomic E-state index is 0.534. The molecular formula is C19H21N3S. The van der Waals surface area contributed by atoms with E-state index in [0.717, 1.165) is 29.0 Å². The molecule has 0 saturated carbocycles. The fourth-order valence-electron chi connectivity index (χ4n) is 2.86. The average Bonchev–Trinajstić information content (AvgIpc) is 2.83. The fraction of sp³-hybridized carbons (Fsp3) is 0.263. The molecular weight excluding hydrogens is 302 g/mol. The van der Waals surface area contributed by atoms with E-state index < -0.39 is 0 Å². The predicted molar refractivity (Wildman–Crippen MR) is 101 cm³/mol. The van der Waals surface area contributed by atoms with Crippen LogP contribution in [0.4, 0.5) is 0 Å². The van der Waals surface area contributed by atoms with E-state index in [1.807, 2.05) is 0 Å². The van der Waals surface area contributed by atoms with Crippen LogP contribution in [0.15, 0.2) is 36.4 Å². The number of rotatable bonds is 4. The number of nitrogens with two attached hydrogens (primary N) is 1. The van der Waals surface area contributed by atoms with Crippen LogP contribution in [0.1, 0.15) is 23.1 Å². The zero-order chi connectivity index (χ0) is 16.6. The third-order valence-corrected chi connectivity index (χ3v) is 4.54. The summed E-state index contributed by atoms with van der Waals surface area (Å²) in [4.78, 5) is 5.44. The van der Waals surface area contributed by atoms with Crippen molar-refractivity contribution >= 4 is 28.2 Å². The maximum atomic E-state index is 5.72. The quantitative estimate of drug-likeness (QED) is 0.728. The number of imidazole rings is 1. The van der Waals surface area contributed by atoms with Crippen LogP contribution in [-0.4, -0.2) is 14.5 Å². The number of aromatic nitrogens is 2. The van der Waals surface area contributed by atoms with Gasteiger partial charge < -0.3 is 10.3 Å². The maximum absolute atomic E-state index is 5.72. The summed E-state index contributed by atoms with van der Waals surface area (Å²) in [6, 6.07) is 12.7. The zero-order valence-electron chi connectivity index (χ0n) is 13.8. The van der Waals surface area contributed by atoms with Gasteiger partial charge in [-0.2, -0.15) is 0 Å². The molecule has 0 amide bonds. The Morgan fingerprint density at radius 2 is 1.78 bits per heavy atom. The van der Waals surface area contributed by atoms with Gasteiger partial charge in [0.15, 0.2) is 0 Å². The van der Waals surface area contributed by atoms with Crippen molar-refractivity contribution in [3.05, 3.63) is 53.1 Å². The van der Waals surface area contributed by atoms with Gasteiger partial charge in [-0.1, -0.05) is 36.5 Å². The van der Waals surface area contributed by atoms with Crippen molar-refractivity contribution in [2.24, 2.45) is 5.73 Å². The highest BCUT2D eigenvalue weighted by atomic mass is 32.1. The number of thiocarbonyl (C=S) groups is 1. The van der Waals surface area contributed by atoms with Crippen LogP contribution in [0.2, 0.25) is 0 Å². The molecule has 3 aromatic rings. The van der Waals surface area contributed by atoms with Crippen molar-refractivity contribution in [1.82, 2.24) is 9.55 Å². The average molecular weight is 323 g/mol. The Morgan fingerprint density at radius 1 is 1.09 bits per heavy atom.